The Morgan fingerprint density at radius 1 is 1.28 bits per heavy atom. The zero-order chi connectivity index (χ0) is 13.0. The standard InChI is InChI=1S/C14H13NO3/c1-10-8-12(14(16)17)2-3-13(10)18-9-11-4-6-15-7-5-11/h2-8H,9H2,1H3,(H,16,17). The van der Waals surface area contributed by atoms with Crippen LogP contribution >= 0.6 is 0 Å². The minimum atomic E-state index is -0.932. The first kappa shape index (κ1) is 12.1. The lowest BCUT2D eigenvalue weighted by molar-refractivity contribution is 0.0696. The third kappa shape index (κ3) is 2.85. The van der Waals surface area contributed by atoms with E-state index in [1.54, 1.807) is 24.5 Å². The molecule has 0 spiro atoms. The number of hydrogen-bond acceptors (Lipinski definition) is 3. The first-order valence-corrected chi connectivity index (χ1v) is 5.52. The molecule has 0 aliphatic carbocycles. The summed E-state index contributed by atoms with van der Waals surface area (Å²) >= 11 is 0. The van der Waals surface area contributed by atoms with Crippen molar-refractivity contribution in [3.63, 3.8) is 0 Å². The fourth-order valence-electron chi connectivity index (χ4n) is 1.58. The first-order chi connectivity index (χ1) is 8.66. The molecule has 0 atom stereocenters. The Balaban J connectivity index is 2.08. The van der Waals surface area contributed by atoms with Crippen molar-refractivity contribution in [2.24, 2.45) is 0 Å². The largest absolute Gasteiger partial charge is 0.489 e. The minimum absolute atomic E-state index is 0.267. The lowest BCUT2D eigenvalue weighted by atomic mass is 10.1. The highest BCUT2D eigenvalue weighted by Gasteiger charge is 2.06. The van der Waals surface area contributed by atoms with Gasteiger partial charge in [-0.25, -0.2) is 4.79 Å². The van der Waals surface area contributed by atoms with Gasteiger partial charge in [0.2, 0.25) is 0 Å². The molecule has 1 aromatic carbocycles. The highest BCUT2D eigenvalue weighted by Crippen LogP contribution is 2.20. The highest BCUT2D eigenvalue weighted by molar-refractivity contribution is 5.88. The SMILES string of the molecule is Cc1cc(C(=O)O)ccc1OCc1ccncc1. The van der Waals surface area contributed by atoms with Crippen molar-refractivity contribution in [3.05, 3.63) is 59.4 Å². The summed E-state index contributed by atoms with van der Waals surface area (Å²) < 4.78 is 5.64. The summed E-state index contributed by atoms with van der Waals surface area (Å²) in [6, 6.07) is 8.57. The van der Waals surface area contributed by atoms with Gasteiger partial charge in [-0.1, -0.05) is 0 Å². The molecule has 92 valence electrons. The Bertz CT molecular complexity index is 552. The molecule has 0 saturated heterocycles. The number of hydrogen-bond donors (Lipinski definition) is 1. The lowest BCUT2D eigenvalue weighted by Crippen LogP contribution is -2.00. The van der Waals surface area contributed by atoms with E-state index in [1.165, 1.54) is 6.07 Å². The molecule has 0 fully saturated rings. The Labute approximate surface area is 105 Å². The van der Waals surface area contributed by atoms with Gasteiger partial charge < -0.3 is 9.84 Å². The Hall–Kier alpha value is -2.36. The number of nitrogens with zero attached hydrogens (tertiary/aromatic N) is 1. The van der Waals surface area contributed by atoms with E-state index in [4.69, 9.17) is 9.84 Å². The maximum absolute atomic E-state index is 10.8. The second kappa shape index (κ2) is 5.31. The number of aromatic carboxylic acids is 1. The zero-order valence-corrected chi connectivity index (χ0v) is 9.96. The van der Waals surface area contributed by atoms with E-state index >= 15 is 0 Å². The number of ether oxygens (including phenoxy) is 1. The summed E-state index contributed by atoms with van der Waals surface area (Å²) in [5.74, 6) is -0.240. The van der Waals surface area contributed by atoms with E-state index in [2.05, 4.69) is 4.98 Å². The monoisotopic (exact) mass is 243 g/mol. The van der Waals surface area contributed by atoms with Crippen molar-refractivity contribution in [3.8, 4) is 5.75 Å². The van der Waals surface area contributed by atoms with E-state index < -0.39 is 5.97 Å². The van der Waals surface area contributed by atoms with E-state index in [0.29, 0.717) is 12.4 Å². The number of rotatable bonds is 4. The van der Waals surface area contributed by atoms with Crippen LogP contribution in [0.15, 0.2) is 42.7 Å². The van der Waals surface area contributed by atoms with Crippen LogP contribution in [-0.2, 0) is 6.61 Å². The smallest absolute Gasteiger partial charge is 0.335 e. The molecule has 1 heterocycles. The molecule has 0 unspecified atom stereocenters. The summed E-state index contributed by atoms with van der Waals surface area (Å²) in [7, 11) is 0. The normalized spacial score (nSPS) is 10.1. The summed E-state index contributed by atoms with van der Waals surface area (Å²) in [5, 5.41) is 8.86. The van der Waals surface area contributed by atoms with Crippen molar-refractivity contribution >= 4 is 5.97 Å². The second-order valence-electron chi connectivity index (χ2n) is 3.93. The minimum Gasteiger partial charge on any atom is -0.489 e. The van der Waals surface area contributed by atoms with Gasteiger partial charge in [-0.2, -0.15) is 0 Å². The Morgan fingerprint density at radius 2 is 2.00 bits per heavy atom. The van der Waals surface area contributed by atoms with Gasteiger partial charge in [-0.15, -0.1) is 0 Å². The van der Waals surface area contributed by atoms with E-state index in [-0.39, 0.29) is 5.56 Å². The van der Waals surface area contributed by atoms with Crippen molar-refractivity contribution in [1.29, 1.82) is 0 Å². The maximum Gasteiger partial charge on any atom is 0.335 e. The molecule has 1 N–H and O–H groups in total. The van der Waals surface area contributed by atoms with Crippen LogP contribution in [0.3, 0.4) is 0 Å². The van der Waals surface area contributed by atoms with Gasteiger partial charge >= 0.3 is 5.97 Å². The van der Waals surface area contributed by atoms with Gasteiger partial charge in [-0.05, 0) is 48.4 Å². The second-order valence-corrected chi connectivity index (χ2v) is 3.93. The van der Waals surface area contributed by atoms with Crippen LogP contribution in [0.2, 0.25) is 0 Å². The molecule has 1 aromatic heterocycles. The average Bonchev–Trinajstić information content (AvgIpc) is 2.38. The van der Waals surface area contributed by atoms with Gasteiger partial charge in [0.25, 0.3) is 0 Å². The van der Waals surface area contributed by atoms with E-state index in [0.717, 1.165) is 11.1 Å². The van der Waals surface area contributed by atoms with E-state index in [1.807, 2.05) is 19.1 Å². The zero-order valence-electron chi connectivity index (χ0n) is 9.96. The summed E-state index contributed by atoms with van der Waals surface area (Å²) in [6.45, 7) is 2.27. The van der Waals surface area contributed by atoms with Gasteiger partial charge in [0, 0.05) is 12.4 Å². The van der Waals surface area contributed by atoms with Crippen LogP contribution in [0.5, 0.6) is 5.75 Å². The number of carbonyl (C=O) groups is 1. The van der Waals surface area contributed by atoms with Crippen molar-refractivity contribution < 1.29 is 14.6 Å². The van der Waals surface area contributed by atoms with Crippen molar-refractivity contribution in [2.45, 2.75) is 13.5 Å². The lowest BCUT2D eigenvalue weighted by Gasteiger charge is -2.09. The fourth-order valence-corrected chi connectivity index (χ4v) is 1.58. The number of carboxylic acid groups (broad SMARTS) is 1. The third-order valence-electron chi connectivity index (χ3n) is 2.57. The number of aryl methyl sites for hydroxylation is 1. The number of pyridine rings is 1. The molecule has 4 heteroatoms. The molecule has 4 nitrogen and oxygen atoms in total. The van der Waals surface area contributed by atoms with Crippen LogP contribution in [0, 0.1) is 6.92 Å². The highest BCUT2D eigenvalue weighted by atomic mass is 16.5. The molecule has 0 bridgehead atoms. The topological polar surface area (TPSA) is 59.4 Å². The molecule has 0 aliphatic rings. The van der Waals surface area contributed by atoms with Crippen molar-refractivity contribution in [2.75, 3.05) is 0 Å². The van der Waals surface area contributed by atoms with E-state index in [9.17, 15) is 4.79 Å². The van der Waals surface area contributed by atoms with Crippen molar-refractivity contribution in [1.82, 2.24) is 4.98 Å². The van der Waals surface area contributed by atoms with Gasteiger partial charge in [0.05, 0.1) is 5.56 Å². The Morgan fingerprint density at radius 3 is 2.61 bits per heavy atom. The summed E-state index contributed by atoms with van der Waals surface area (Å²) in [6.07, 6.45) is 3.41. The molecule has 0 radical (unpaired) electrons. The van der Waals surface area contributed by atoms with Crippen LogP contribution in [0.25, 0.3) is 0 Å². The molecule has 2 aromatic rings. The van der Waals surface area contributed by atoms with Gasteiger partial charge in [-0.3, -0.25) is 4.98 Å². The summed E-state index contributed by atoms with van der Waals surface area (Å²) in [4.78, 5) is 14.7. The maximum atomic E-state index is 10.8. The average molecular weight is 243 g/mol. The predicted octanol–water partition coefficient (Wildman–Crippen LogP) is 2.67. The number of aromatic nitrogens is 1. The predicted molar refractivity (Wildman–Crippen MR) is 66.7 cm³/mol. The number of carboxylic acids is 1. The quantitative estimate of drug-likeness (QED) is 0.896. The Kier molecular flexibility index (Phi) is 3.57. The molecular formula is C14H13NO3. The fraction of sp³-hybridized carbons (Fsp3) is 0.143. The number of benzene rings is 1. The molecular weight excluding hydrogens is 230 g/mol. The molecule has 0 aliphatic heterocycles. The third-order valence-corrected chi connectivity index (χ3v) is 2.57. The molecule has 0 saturated carbocycles. The first-order valence-electron chi connectivity index (χ1n) is 5.52. The van der Waals surface area contributed by atoms with Gasteiger partial charge in [0.1, 0.15) is 12.4 Å². The molecule has 2 rings (SSSR count). The van der Waals surface area contributed by atoms with Crippen LogP contribution in [-0.4, -0.2) is 16.1 Å². The molecule has 18 heavy (non-hydrogen) atoms. The summed E-state index contributed by atoms with van der Waals surface area (Å²) in [5.41, 5.74) is 2.10. The van der Waals surface area contributed by atoms with Crippen LogP contribution in [0.1, 0.15) is 21.5 Å². The van der Waals surface area contributed by atoms with Crippen LogP contribution < -0.4 is 4.74 Å². The van der Waals surface area contributed by atoms with Crippen LogP contribution in [0.4, 0.5) is 0 Å². The van der Waals surface area contributed by atoms with Gasteiger partial charge in [0.15, 0.2) is 0 Å². The molecule has 0 amide bonds.